The quantitative estimate of drug-likeness (QED) is 0.619. The van der Waals surface area contributed by atoms with E-state index in [4.69, 9.17) is 14.2 Å². The first-order valence-electron chi connectivity index (χ1n) is 7.67. The second kappa shape index (κ2) is 7.49. The van der Waals surface area contributed by atoms with Crippen molar-refractivity contribution < 1.29 is 19.0 Å². The first-order valence-corrected chi connectivity index (χ1v) is 7.67. The van der Waals surface area contributed by atoms with Gasteiger partial charge in [-0.05, 0) is 23.8 Å². The highest BCUT2D eigenvalue weighted by Gasteiger charge is 2.24. The summed E-state index contributed by atoms with van der Waals surface area (Å²) in [6.07, 6.45) is 5.28. The molecule has 0 fully saturated rings. The van der Waals surface area contributed by atoms with Gasteiger partial charge in [-0.25, -0.2) is 9.79 Å². The fourth-order valence-corrected chi connectivity index (χ4v) is 2.29. The molecule has 25 heavy (non-hydrogen) atoms. The monoisotopic (exact) mass is 335 g/mol. The number of cyclic esters (lactones) is 1. The second-order valence-corrected chi connectivity index (χ2v) is 5.23. The maximum absolute atomic E-state index is 12.0. The Morgan fingerprint density at radius 3 is 2.32 bits per heavy atom. The van der Waals surface area contributed by atoms with Crippen LogP contribution in [0.15, 0.2) is 71.4 Å². The van der Waals surface area contributed by atoms with Gasteiger partial charge in [0.25, 0.3) is 0 Å². The summed E-state index contributed by atoms with van der Waals surface area (Å²) in [6, 6.07) is 15.0. The largest absolute Gasteiger partial charge is 0.497 e. The SMILES string of the molecule is COc1cc(OC)cc(C2=NC(=CC=Cc3ccccc3)C(=O)O2)c1. The van der Waals surface area contributed by atoms with Crippen LogP contribution in [0.4, 0.5) is 0 Å². The molecule has 0 unspecified atom stereocenters. The summed E-state index contributed by atoms with van der Waals surface area (Å²) in [5, 5.41) is 0. The zero-order valence-electron chi connectivity index (χ0n) is 13.9. The number of carbonyl (C=O) groups excluding carboxylic acids is 1. The predicted molar refractivity (Wildman–Crippen MR) is 95.7 cm³/mol. The van der Waals surface area contributed by atoms with E-state index in [1.54, 1.807) is 44.6 Å². The molecule has 5 nitrogen and oxygen atoms in total. The average Bonchev–Trinajstić information content (AvgIpc) is 3.03. The van der Waals surface area contributed by atoms with E-state index in [1.807, 2.05) is 36.4 Å². The van der Waals surface area contributed by atoms with Gasteiger partial charge in [0.1, 0.15) is 11.5 Å². The molecule has 1 aliphatic rings. The van der Waals surface area contributed by atoms with E-state index in [9.17, 15) is 4.79 Å². The average molecular weight is 335 g/mol. The Labute approximate surface area is 145 Å². The Balaban J connectivity index is 1.85. The van der Waals surface area contributed by atoms with Gasteiger partial charge in [0.2, 0.25) is 5.90 Å². The number of aliphatic imine (C=N–C) groups is 1. The molecule has 0 radical (unpaired) electrons. The maximum Gasteiger partial charge on any atom is 0.363 e. The van der Waals surface area contributed by atoms with E-state index in [1.165, 1.54) is 0 Å². The van der Waals surface area contributed by atoms with Crippen molar-refractivity contribution in [2.24, 2.45) is 4.99 Å². The van der Waals surface area contributed by atoms with Crippen LogP contribution in [0.5, 0.6) is 11.5 Å². The van der Waals surface area contributed by atoms with Gasteiger partial charge in [-0.15, -0.1) is 0 Å². The van der Waals surface area contributed by atoms with Crippen LogP contribution in [0.3, 0.4) is 0 Å². The number of nitrogens with zero attached hydrogens (tertiary/aromatic N) is 1. The minimum absolute atomic E-state index is 0.224. The zero-order chi connectivity index (χ0) is 17.6. The molecule has 0 saturated carbocycles. The summed E-state index contributed by atoms with van der Waals surface area (Å²) in [7, 11) is 3.11. The molecule has 1 heterocycles. The van der Waals surface area contributed by atoms with Crippen LogP contribution in [0.1, 0.15) is 11.1 Å². The van der Waals surface area contributed by atoms with Crippen LogP contribution >= 0.6 is 0 Å². The van der Waals surface area contributed by atoms with Gasteiger partial charge in [0, 0.05) is 11.6 Å². The molecule has 0 atom stereocenters. The van der Waals surface area contributed by atoms with Crippen LogP contribution in [0.2, 0.25) is 0 Å². The number of rotatable bonds is 5. The van der Waals surface area contributed by atoms with E-state index >= 15 is 0 Å². The van der Waals surface area contributed by atoms with Crippen LogP contribution in [0, 0.1) is 0 Å². The molecule has 0 saturated heterocycles. The number of carbonyl (C=O) groups is 1. The molecule has 2 aromatic carbocycles. The van der Waals surface area contributed by atoms with Crippen molar-refractivity contribution in [2.75, 3.05) is 14.2 Å². The maximum atomic E-state index is 12.0. The summed E-state index contributed by atoms with van der Waals surface area (Å²) in [6.45, 7) is 0. The van der Waals surface area contributed by atoms with E-state index in [0.717, 1.165) is 5.56 Å². The standard InChI is InChI=1S/C20H17NO4/c1-23-16-11-15(12-17(13-16)24-2)19-21-18(20(22)25-19)10-6-9-14-7-4-3-5-8-14/h3-13H,1-2H3. The van der Waals surface area contributed by atoms with Gasteiger partial charge in [-0.2, -0.15) is 0 Å². The normalized spacial score (nSPS) is 15.4. The molecule has 0 aliphatic carbocycles. The van der Waals surface area contributed by atoms with Gasteiger partial charge in [-0.1, -0.05) is 42.5 Å². The smallest absolute Gasteiger partial charge is 0.363 e. The van der Waals surface area contributed by atoms with E-state index in [-0.39, 0.29) is 11.6 Å². The molecule has 0 amide bonds. The number of hydrogen-bond acceptors (Lipinski definition) is 5. The lowest BCUT2D eigenvalue weighted by Crippen LogP contribution is -2.06. The molecule has 2 aromatic rings. The first-order chi connectivity index (χ1) is 12.2. The third kappa shape index (κ3) is 3.95. The lowest BCUT2D eigenvalue weighted by atomic mass is 10.2. The van der Waals surface area contributed by atoms with Crippen LogP contribution < -0.4 is 9.47 Å². The molecule has 0 bridgehead atoms. The van der Waals surface area contributed by atoms with Gasteiger partial charge < -0.3 is 14.2 Å². The number of benzene rings is 2. The molecule has 0 spiro atoms. The Morgan fingerprint density at radius 1 is 1.00 bits per heavy atom. The molecule has 5 heteroatoms. The van der Waals surface area contributed by atoms with Crippen molar-refractivity contribution in [2.45, 2.75) is 0 Å². The minimum Gasteiger partial charge on any atom is -0.497 e. The molecule has 126 valence electrons. The number of allylic oxidation sites excluding steroid dienone is 2. The lowest BCUT2D eigenvalue weighted by Gasteiger charge is -2.07. The number of methoxy groups -OCH3 is 2. The zero-order valence-corrected chi connectivity index (χ0v) is 13.9. The van der Waals surface area contributed by atoms with E-state index in [0.29, 0.717) is 17.1 Å². The summed E-state index contributed by atoms with van der Waals surface area (Å²) in [5.41, 5.74) is 1.89. The summed E-state index contributed by atoms with van der Waals surface area (Å²) in [4.78, 5) is 16.3. The van der Waals surface area contributed by atoms with Crippen molar-refractivity contribution in [3.8, 4) is 11.5 Å². The Morgan fingerprint density at radius 2 is 1.68 bits per heavy atom. The number of ether oxygens (including phenoxy) is 3. The third-order valence-corrected chi connectivity index (χ3v) is 3.56. The van der Waals surface area contributed by atoms with Crippen LogP contribution in [0.25, 0.3) is 6.08 Å². The summed E-state index contributed by atoms with van der Waals surface area (Å²) >= 11 is 0. The topological polar surface area (TPSA) is 57.1 Å². The van der Waals surface area contributed by atoms with Gasteiger partial charge in [-0.3, -0.25) is 0 Å². The molecule has 1 aliphatic heterocycles. The molecule has 3 rings (SSSR count). The predicted octanol–water partition coefficient (Wildman–Crippen LogP) is 3.60. The highest BCUT2D eigenvalue weighted by atomic mass is 16.6. The lowest BCUT2D eigenvalue weighted by molar-refractivity contribution is -0.130. The van der Waals surface area contributed by atoms with Crippen molar-refractivity contribution >= 4 is 17.9 Å². The molecular formula is C20H17NO4. The van der Waals surface area contributed by atoms with Gasteiger partial charge in [0.15, 0.2) is 5.70 Å². The van der Waals surface area contributed by atoms with Crippen molar-refractivity contribution in [1.82, 2.24) is 0 Å². The van der Waals surface area contributed by atoms with Crippen LogP contribution in [-0.2, 0) is 9.53 Å². The van der Waals surface area contributed by atoms with Crippen LogP contribution in [-0.4, -0.2) is 26.1 Å². The molecular weight excluding hydrogens is 318 g/mol. The highest BCUT2D eigenvalue weighted by molar-refractivity contribution is 6.11. The van der Waals surface area contributed by atoms with E-state index in [2.05, 4.69) is 4.99 Å². The summed E-state index contributed by atoms with van der Waals surface area (Å²) < 4.78 is 15.7. The first kappa shape index (κ1) is 16.5. The van der Waals surface area contributed by atoms with Gasteiger partial charge >= 0.3 is 5.97 Å². The highest BCUT2D eigenvalue weighted by Crippen LogP contribution is 2.25. The van der Waals surface area contributed by atoms with Crippen molar-refractivity contribution in [3.63, 3.8) is 0 Å². The third-order valence-electron chi connectivity index (χ3n) is 3.56. The molecule has 0 N–H and O–H groups in total. The minimum atomic E-state index is -0.491. The Kier molecular flexibility index (Phi) is 4.95. The van der Waals surface area contributed by atoms with Crippen molar-refractivity contribution in [1.29, 1.82) is 0 Å². The Bertz CT molecular complexity index is 844. The molecule has 0 aromatic heterocycles. The van der Waals surface area contributed by atoms with E-state index < -0.39 is 5.97 Å². The van der Waals surface area contributed by atoms with Crippen molar-refractivity contribution in [3.05, 3.63) is 77.5 Å². The second-order valence-electron chi connectivity index (χ2n) is 5.23. The summed E-state index contributed by atoms with van der Waals surface area (Å²) in [5.74, 6) is 0.917. The Hall–Kier alpha value is -3.34. The number of esters is 1. The van der Waals surface area contributed by atoms with Gasteiger partial charge in [0.05, 0.1) is 14.2 Å². The fraction of sp³-hybridized carbons (Fsp3) is 0.100. The fourth-order valence-electron chi connectivity index (χ4n) is 2.29. The number of hydrogen-bond donors (Lipinski definition) is 0.